The van der Waals surface area contributed by atoms with E-state index in [-0.39, 0.29) is 5.91 Å². The monoisotopic (exact) mass is 273 g/mol. The Balaban J connectivity index is 3.80. The van der Waals surface area contributed by atoms with Gasteiger partial charge in [0.2, 0.25) is 5.91 Å². The lowest BCUT2D eigenvalue weighted by Gasteiger charge is -2.25. The zero-order valence-corrected chi connectivity index (χ0v) is 13.2. The van der Waals surface area contributed by atoms with Crippen LogP contribution in [-0.2, 0) is 13.6 Å². The van der Waals surface area contributed by atoms with Crippen LogP contribution in [0.1, 0.15) is 33.6 Å². The van der Waals surface area contributed by atoms with Crippen molar-refractivity contribution in [2.24, 2.45) is 0 Å². The van der Waals surface area contributed by atoms with Crippen LogP contribution in [-0.4, -0.2) is 34.2 Å². The summed E-state index contributed by atoms with van der Waals surface area (Å²) in [4.78, 5) is 11.3. The summed E-state index contributed by atoms with van der Waals surface area (Å²) < 4.78 is 11.5. The van der Waals surface area contributed by atoms with Crippen LogP contribution in [0.2, 0.25) is 12.6 Å². The number of rotatable bonds is 10. The Bertz CT molecular complexity index is 263. The van der Waals surface area contributed by atoms with Crippen LogP contribution in [0.3, 0.4) is 0 Å². The molecule has 0 saturated carbocycles. The summed E-state index contributed by atoms with van der Waals surface area (Å²) in [6, 6.07) is 0.970. The molecule has 0 atom stereocenters. The van der Waals surface area contributed by atoms with Gasteiger partial charge in [0.25, 0.3) is 0 Å². The second-order valence-electron chi connectivity index (χ2n) is 4.49. The van der Waals surface area contributed by atoms with E-state index in [1.54, 1.807) is 6.92 Å². The summed E-state index contributed by atoms with van der Waals surface area (Å²) in [5.74, 6) is -0.0652. The molecule has 0 fully saturated rings. The number of carbonyl (C=O) groups excluding carboxylic acids is 1. The molecule has 1 amide bonds. The highest BCUT2D eigenvalue weighted by Gasteiger charge is 2.29. The van der Waals surface area contributed by atoms with E-state index in [1.807, 2.05) is 13.8 Å². The van der Waals surface area contributed by atoms with E-state index in [2.05, 4.69) is 18.4 Å². The fraction of sp³-hybridized carbons (Fsp3) is 0.769. The Labute approximate surface area is 112 Å². The van der Waals surface area contributed by atoms with Gasteiger partial charge < -0.3 is 14.2 Å². The third kappa shape index (κ3) is 7.63. The van der Waals surface area contributed by atoms with Gasteiger partial charge >= 0.3 is 8.56 Å². The molecule has 0 bridgehead atoms. The van der Waals surface area contributed by atoms with Crippen molar-refractivity contribution < 1.29 is 13.6 Å². The lowest BCUT2D eigenvalue weighted by Crippen LogP contribution is -2.38. The summed E-state index contributed by atoms with van der Waals surface area (Å²) in [7, 11) is -1.98. The number of unbranched alkanes of at least 4 members (excludes halogenated alkanes) is 1. The van der Waals surface area contributed by atoms with Crippen LogP contribution in [0, 0.1) is 0 Å². The van der Waals surface area contributed by atoms with E-state index in [4.69, 9.17) is 8.85 Å². The summed E-state index contributed by atoms with van der Waals surface area (Å²) >= 11 is 0. The van der Waals surface area contributed by atoms with Crippen molar-refractivity contribution in [1.29, 1.82) is 0 Å². The predicted molar refractivity (Wildman–Crippen MR) is 76.7 cm³/mol. The molecule has 5 heteroatoms. The normalized spacial score (nSPS) is 11.3. The maximum absolute atomic E-state index is 11.3. The molecule has 0 radical (unpaired) electrons. The van der Waals surface area contributed by atoms with Crippen LogP contribution in [0.4, 0.5) is 0 Å². The Kier molecular flexibility index (Phi) is 8.96. The van der Waals surface area contributed by atoms with Crippen molar-refractivity contribution in [3.8, 4) is 0 Å². The van der Waals surface area contributed by atoms with Gasteiger partial charge in [0.15, 0.2) is 0 Å². The maximum Gasteiger partial charge on any atom is 0.334 e. The molecule has 0 aromatic rings. The highest BCUT2D eigenvalue weighted by molar-refractivity contribution is 6.66. The first-order valence-electron chi connectivity index (χ1n) is 6.66. The van der Waals surface area contributed by atoms with Gasteiger partial charge in [0.05, 0.1) is 0 Å². The van der Waals surface area contributed by atoms with Gasteiger partial charge in [-0.1, -0.05) is 6.58 Å². The average molecular weight is 273 g/mol. The van der Waals surface area contributed by atoms with Crippen molar-refractivity contribution in [2.45, 2.75) is 46.2 Å². The molecule has 106 valence electrons. The molecule has 1 N–H and O–H groups in total. The van der Waals surface area contributed by atoms with E-state index in [1.165, 1.54) is 0 Å². The van der Waals surface area contributed by atoms with Gasteiger partial charge in [-0.05, 0) is 46.2 Å². The molecule has 0 aliphatic rings. The molecule has 0 aliphatic carbocycles. The Hall–Kier alpha value is -0.653. The number of nitrogens with one attached hydrogen (secondary N) is 1. The number of amides is 1. The van der Waals surface area contributed by atoms with Gasteiger partial charge in [-0.15, -0.1) is 0 Å². The van der Waals surface area contributed by atoms with Crippen molar-refractivity contribution in [1.82, 2.24) is 5.32 Å². The average Bonchev–Trinajstić information content (AvgIpc) is 2.28. The lowest BCUT2D eigenvalue weighted by molar-refractivity contribution is -0.117. The van der Waals surface area contributed by atoms with Crippen LogP contribution in [0.5, 0.6) is 0 Å². The first kappa shape index (κ1) is 17.3. The molecule has 0 aromatic carbocycles. The molecule has 0 aliphatic heterocycles. The van der Waals surface area contributed by atoms with Crippen LogP contribution < -0.4 is 5.32 Å². The molecular formula is C13H27NO3Si. The molecule has 0 aromatic heterocycles. The van der Waals surface area contributed by atoms with Crippen molar-refractivity contribution in [3.05, 3.63) is 12.2 Å². The van der Waals surface area contributed by atoms with Gasteiger partial charge in [-0.3, -0.25) is 4.79 Å². The van der Waals surface area contributed by atoms with Crippen LogP contribution in [0.25, 0.3) is 0 Å². The highest BCUT2D eigenvalue weighted by atomic mass is 28.4. The van der Waals surface area contributed by atoms with Gasteiger partial charge in [-0.25, -0.2) is 0 Å². The van der Waals surface area contributed by atoms with Crippen molar-refractivity contribution in [2.75, 3.05) is 19.8 Å². The summed E-state index contributed by atoms with van der Waals surface area (Å²) in [6.07, 6.45) is 1.96. The zero-order valence-electron chi connectivity index (χ0n) is 12.2. The van der Waals surface area contributed by atoms with E-state index < -0.39 is 8.56 Å². The third-order valence-corrected chi connectivity index (χ3v) is 5.69. The summed E-state index contributed by atoms with van der Waals surface area (Å²) in [6.45, 7) is 13.5. The van der Waals surface area contributed by atoms with Crippen LogP contribution >= 0.6 is 0 Å². The first-order chi connectivity index (χ1) is 8.45. The number of carbonyl (C=O) groups is 1. The lowest BCUT2D eigenvalue weighted by atomic mass is 10.3. The molecule has 0 heterocycles. The maximum atomic E-state index is 11.3. The van der Waals surface area contributed by atoms with E-state index in [9.17, 15) is 4.79 Å². The van der Waals surface area contributed by atoms with Gasteiger partial charge in [-0.2, -0.15) is 0 Å². The molecule has 18 heavy (non-hydrogen) atoms. The van der Waals surface area contributed by atoms with Gasteiger partial charge in [0.1, 0.15) is 0 Å². The largest absolute Gasteiger partial charge is 0.395 e. The van der Waals surface area contributed by atoms with Crippen LogP contribution in [0.15, 0.2) is 12.2 Å². The Morgan fingerprint density at radius 3 is 2.22 bits per heavy atom. The second-order valence-corrected chi connectivity index (χ2v) is 7.84. The van der Waals surface area contributed by atoms with Crippen molar-refractivity contribution >= 4 is 14.5 Å². The minimum absolute atomic E-state index is 0.0652. The van der Waals surface area contributed by atoms with E-state index >= 15 is 0 Å². The summed E-state index contributed by atoms with van der Waals surface area (Å²) in [5, 5.41) is 2.83. The minimum atomic E-state index is -1.98. The predicted octanol–water partition coefficient (Wildman–Crippen LogP) is 2.60. The van der Waals surface area contributed by atoms with Crippen molar-refractivity contribution in [3.63, 3.8) is 0 Å². The molecule has 0 saturated heterocycles. The third-order valence-electron chi connectivity index (χ3n) is 2.63. The van der Waals surface area contributed by atoms with E-state index in [0.717, 1.165) is 18.9 Å². The first-order valence-corrected chi connectivity index (χ1v) is 9.19. The molecule has 0 unspecified atom stereocenters. The quantitative estimate of drug-likeness (QED) is 0.378. The Morgan fingerprint density at radius 2 is 1.78 bits per heavy atom. The Morgan fingerprint density at radius 1 is 1.22 bits per heavy atom. The van der Waals surface area contributed by atoms with Gasteiger partial charge in [0, 0.05) is 25.3 Å². The SMILES string of the molecule is C=C(C)C(=O)NCCCC[Si](C)(OCC)OCC. The standard InChI is InChI=1S/C13H27NO3Si/c1-6-16-18(5,17-7-2)11-9-8-10-14-13(15)12(3)4/h3,6-11H2,1-2,4-5H3,(H,14,15). The minimum Gasteiger partial charge on any atom is -0.395 e. The topological polar surface area (TPSA) is 47.6 Å². The molecular weight excluding hydrogens is 246 g/mol. The molecule has 0 rings (SSSR count). The second kappa shape index (κ2) is 9.30. The fourth-order valence-electron chi connectivity index (χ4n) is 1.72. The molecule has 0 spiro atoms. The zero-order chi connectivity index (χ0) is 14.0. The summed E-state index contributed by atoms with van der Waals surface area (Å²) in [5.41, 5.74) is 0.554. The van der Waals surface area contributed by atoms with E-state index in [0.29, 0.717) is 25.3 Å². The number of hydrogen-bond acceptors (Lipinski definition) is 3. The highest BCUT2D eigenvalue weighted by Crippen LogP contribution is 2.16. The molecule has 4 nitrogen and oxygen atoms in total. The number of hydrogen-bond donors (Lipinski definition) is 1. The fourth-order valence-corrected chi connectivity index (χ4v) is 4.21. The smallest absolute Gasteiger partial charge is 0.334 e.